The molecule has 0 fully saturated rings. The Hall–Kier alpha value is -2.95. The van der Waals surface area contributed by atoms with Gasteiger partial charge in [0.1, 0.15) is 0 Å². The van der Waals surface area contributed by atoms with Crippen molar-refractivity contribution in [1.82, 2.24) is 5.10 Å². The van der Waals surface area contributed by atoms with E-state index in [0.29, 0.717) is 25.4 Å². The van der Waals surface area contributed by atoms with Gasteiger partial charge in [-0.3, -0.25) is 4.79 Å². The molecular formula is C22H26N3O2+. The van der Waals surface area contributed by atoms with Gasteiger partial charge in [-0.15, -0.1) is 0 Å². The van der Waals surface area contributed by atoms with Gasteiger partial charge in [0.25, 0.3) is 0 Å². The van der Waals surface area contributed by atoms with Crippen molar-refractivity contribution in [2.24, 2.45) is 0 Å². The van der Waals surface area contributed by atoms with Crippen LogP contribution in [0.15, 0.2) is 48.5 Å². The maximum Gasteiger partial charge on any atom is 0.305 e. The van der Waals surface area contributed by atoms with E-state index in [4.69, 9.17) is 10.5 Å². The second-order valence-electron chi connectivity index (χ2n) is 6.63. The molecule has 0 spiro atoms. The number of fused-ring (bicyclic) bond motifs is 1. The molecule has 0 atom stereocenters. The molecule has 0 aliphatic heterocycles. The van der Waals surface area contributed by atoms with Crippen LogP contribution in [0.25, 0.3) is 22.0 Å². The number of carbonyl (C=O) groups excluding carboxylic acids is 1. The smallest absolute Gasteiger partial charge is 0.305 e. The number of esters is 1. The van der Waals surface area contributed by atoms with E-state index in [1.165, 1.54) is 5.56 Å². The van der Waals surface area contributed by atoms with Gasteiger partial charge in [0, 0.05) is 28.9 Å². The van der Waals surface area contributed by atoms with Crippen molar-refractivity contribution in [3.05, 3.63) is 54.1 Å². The largest absolute Gasteiger partial charge is 0.466 e. The summed E-state index contributed by atoms with van der Waals surface area (Å²) in [5.41, 5.74) is 9.59. The zero-order chi connectivity index (χ0) is 19.2. The van der Waals surface area contributed by atoms with E-state index in [-0.39, 0.29) is 5.97 Å². The number of hydrogen-bond acceptors (Lipinski definition) is 4. The third kappa shape index (κ3) is 4.42. The Morgan fingerprint density at radius 1 is 1.07 bits per heavy atom. The number of unbranched alkanes of at least 4 members (excludes halogenated alkanes) is 1. The van der Waals surface area contributed by atoms with E-state index in [0.717, 1.165) is 34.9 Å². The lowest BCUT2D eigenvalue weighted by molar-refractivity contribution is -0.741. The first-order valence-electron chi connectivity index (χ1n) is 9.41. The second kappa shape index (κ2) is 8.62. The summed E-state index contributed by atoms with van der Waals surface area (Å²) in [6.07, 6.45) is 2.01. The van der Waals surface area contributed by atoms with Crippen molar-refractivity contribution in [3.63, 3.8) is 0 Å². The van der Waals surface area contributed by atoms with Gasteiger partial charge in [-0.05, 0) is 38.5 Å². The fourth-order valence-electron chi connectivity index (χ4n) is 3.23. The third-order valence-electron chi connectivity index (χ3n) is 4.58. The Kier molecular flexibility index (Phi) is 6.01. The molecule has 2 N–H and O–H groups in total. The van der Waals surface area contributed by atoms with Gasteiger partial charge in [0.2, 0.25) is 5.69 Å². The number of aromatic nitrogens is 2. The first-order chi connectivity index (χ1) is 13.1. The number of aryl methyl sites for hydroxylation is 2. The third-order valence-corrected chi connectivity index (χ3v) is 4.58. The molecular weight excluding hydrogens is 338 g/mol. The SMILES string of the molecule is CCOC(=O)CCCC[n+]1nc(N)c2ccccc2c1-c1ccc(C)cc1. The van der Waals surface area contributed by atoms with Crippen LogP contribution in [0, 0.1) is 6.92 Å². The summed E-state index contributed by atoms with van der Waals surface area (Å²) in [7, 11) is 0. The lowest BCUT2D eigenvalue weighted by Gasteiger charge is -2.08. The predicted octanol–water partition coefficient (Wildman–Crippen LogP) is 3.81. The van der Waals surface area contributed by atoms with Crippen LogP contribution >= 0.6 is 0 Å². The number of benzene rings is 2. The molecule has 1 heterocycles. The summed E-state index contributed by atoms with van der Waals surface area (Å²) >= 11 is 0. The molecule has 0 saturated heterocycles. The quantitative estimate of drug-likeness (QED) is 0.393. The number of anilines is 1. The van der Waals surface area contributed by atoms with Gasteiger partial charge in [-0.1, -0.05) is 40.6 Å². The Bertz CT molecular complexity index is 936. The highest BCUT2D eigenvalue weighted by molar-refractivity contribution is 5.98. The molecule has 1 aromatic heterocycles. The maximum atomic E-state index is 11.5. The first kappa shape index (κ1) is 18.8. The Balaban J connectivity index is 1.92. The average Bonchev–Trinajstić information content (AvgIpc) is 2.67. The van der Waals surface area contributed by atoms with Crippen LogP contribution in [0.4, 0.5) is 5.82 Å². The van der Waals surface area contributed by atoms with Crippen molar-refractivity contribution >= 4 is 22.6 Å². The van der Waals surface area contributed by atoms with Crippen LogP contribution in [0.1, 0.15) is 31.7 Å². The van der Waals surface area contributed by atoms with E-state index in [1.807, 2.05) is 29.8 Å². The average molecular weight is 364 g/mol. The number of ether oxygens (including phenoxy) is 1. The predicted molar refractivity (Wildman–Crippen MR) is 107 cm³/mol. The maximum absolute atomic E-state index is 11.5. The molecule has 0 aliphatic rings. The van der Waals surface area contributed by atoms with Gasteiger partial charge in [0.15, 0.2) is 12.4 Å². The standard InChI is InChI=1S/C22H26N3O2/c1-3-27-20(26)10-6-7-15-25-21(17-13-11-16(2)12-14-17)18-8-4-5-9-19(18)22(23)24-25/h4-5,8-9,11-14H,3,6-7,10,15H2,1-2H3,(H2,23,24)/q+1. The summed E-state index contributed by atoms with van der Waals surface area (Å²) in [6, 6.07) is 16.5. The van der Waals surface area contributed by atoms with Gasteiger partial charge >= 0.3 is 5.97 Å². The highest BCUT2D eigenvalue weighted by Gasteiger charge is 2.21. The van der Waals surface area contributed by atoms with Gasteiger partial charge in [-0.2, -0.15) is 0 Å². The van der Waals surface area contributed by atoms with E-state index >= 15 is 0 Å². The van der Waals surface area contributed by atoms with Crippen LogP contribution in [0.3, 0.4) is 0 Å². The minimum atomic E-state index is -0.146. The molecule has 27 heavy (non-hydrogen) atoms. The number of hydrogen-bond donors (Lipinski definition) is 1. The normalized spacial score (nSPS) is 10.9. The van der Waals surface area contributed by atoms with Gasteiger partial charge in [-0.25, -0.2) is 0 Å². The van der Waals surface area contributed by atoms with Crippen LogP contribution in [-0.2, 0) is 16.1 Å². The van der Waals surface area contributed by atoms with Crippen LogP contribution in [0.2, 0.25) is 0 Å². The van der Waals surface area contributed by atoms with E-state index in [1.54, 1.807) is 0 Å². The molecule has 5 nitrogen and oxygen atoms in total. The fourth-order valence-corrected chi connectivity index (χ4v) is 3.23. The van der Waals surface area contributed by atoms with E-state index < -0.39 is 0 Å². The Labute approximate surface area is 159 Å². The monoisotopic (exact) mass is 364 g/mol. The van der Waals surface area contributed by atoms with Gasteiger partial charge in [0.05, 0.1) is 12.0 Å². The molecule has 5 heteroatoms. The topological polar surface area (TPSA) is 69.1 Å². The molecule has 0 amide bonds. The van der Waals surface area contributed by atoms with Crippen molar-refractivity contribution in [2.75, 3.05) is 12.3 Å². The van der Waals surface area contributed by atoms with E-state index in [9.17, 15) is 4.79 Å². The first-order valence-corrected chi connectivity index (χ1v) is 9.41. The number of nitrogens with two attached hydrogens (primary N) is 1. The zero-order valence-corrected chi connectivity index (χ0v) is 15.9. The highest BCUT2D eigenvalue weighted by Crippen LogP contribution is 2.27. The minimum absolute atomic E-state index is 0.146. The Morgan fingerprint density at radius 2 is 1.78 bits per heavy atom. The molecule has 140 valence electrons. The minimum Gasteiger partial charge on any atom is -0.466 e. The molecule has 0 aliphatic carbocycles. The molecule has 2 aromatic carbocycles. The van der Waals surface area contributed by atoms with E-state index in [2.05, 4.69) is 42.4 Å². The van der Waals surface area contributed by atoms with Crippen LogP contribution in [-0.4, -0.2) is 17.7 Å². The molecule has 0 bridgehead atoms. The lowest BCUT2D eigenvalue weighted by atomic mass is 10.0. The zero-order valence-electron chi connectivity index (χ0n) is 15.9. The summed E-state index contributed by atoms with van der Waals surface area (Å²) in [4.78, 5) is 11.5. The lowest BCUT2D eigenvalue weighted by Crippen LogP contribution is -2.41. The van der Waals surface area contributed by atoms with Crippen LogP contribution in [0.5, 0.6) is 0 Å². The number of nitrogen functional groups attached to an aromatic ring is 1. The fraction of sp³-hybridized carbons (Fsp3) is 0.318. The van der Waals surface area contributed by atoms with Crippen molar-refractivity contribution < 1.29 is 14.2 Å². The molecule has 0 radical (unpaired) electrons. The summed E-state index contributed by atoms with van der Waals surface area (Å²) in [5, 5.41) is 6.67. The van der Waals surface area contributed by atoms with Crippen molar-refractivity contribution in [2.45, 2.75) is 39.7 Å². The van der Waals surface area contributed by atoms with Crippen molar-refractivity contribution in [1.29, 1.82) is 0 Å². The molecule has 0 unspecified atom stereocenters. The number of carbonyl (C=O) groups is 1. The molecule has 3 rings (SSSR count). The Morgan fingerprint density at radius 3 is 2.48 bits per heavy atom. The summed E-state index contributed by atoms with van der Waals surface area (Å²) in [5.74, 6) is 0.374. The summed E-state index contributed by atoms with van der Waals surface area (Å²) < 4.78 is 6.96. The molecule has 3 aromatic rings. The number of rotatable bonds is 7. The van der Waals surface area contributed by atoms with Crippen LogP contribution < -0.4 is 10.4 Å². The van der Waals surface area contributed by atoms with Gasteiger partial charge < -0.3 is 10.5 Å². The number of nitrogens with zero attached hydrogens (tertiary/aromatic N) is 2. The summed E-state index contributed by atoms with van der Waals surface area (Å²) in [6.45, 7) is 5.02. The highest BCUT2D eigenvalue weighted by atomic mass is 16.5. The molecule has 0 saturated carbocycles. The second-order valence-corrected chi connectivity index (χ2v) is 6.63. The van der Waals surface area contributed by atoms with Crippen molar-refractivity contribution in [3.8, 4) is 11.3 Å².